The minimum atomic E-state index is 0.435. The molecule has 1 aliphatic rings. The Morgan fingerprint density at radius 3 is 2.76 bits per heavy atom. The fourth-order valence-electron chi connectivity index (χ4n) is 2.11. The van der Waals surface area contributed by atoms with Crippen LogP contribution in [-0.2, 0) is 6.42 Å². The lowest BCUT2D eigenvalue weighted by Crippen LogP contribution is -2.37. The summed E-state index contributed by atoms with van der Waals surface area (Å²) >= 11 is 1.81. The van der Waals surface area contributed by atoms with Crippen molar-refractivity contribution in [1.82, 2.24) is 5.32 Å². The lowest BCUT2D eigenvalue weighted by molar-refractivity contribution is 0.191. The number of nitrogens with one attached hydrogen (secondary N) is 1. The Labute approximate surface area is 110 Å². The topological polar surface area (TPSA) is 12.0 Å². The van der Waals surface area contributed by atoms with Gasteiger partial charge >= 0.3 is 0 Å². The molecule has 17 heavy (non-hydrogen) atoms. The van der Waals surface area contributed by atoms with Crippen molar-refractivity contribution < 1.29 is 0 Å². The molecule has 1 saturated carbocycles. The zero-order chi connectivity index (χ0) is 12.3. The molecule has 1 nitrogen and oxygen atoms in total. The van der Waals surface area contributed by atoms with Crippen LogP contribution in [-0.4, -0.2) is 12.6 Å². The predicted octanol–water partition coefficient (Wildman–Crippen LogP) is 4.10. The average Bonchev–Trinajstić information content (AvgIpc) is 2.98. The van der Waals surface area contributed by atoms with Gasteiger partial charge in [0.2, 0.25) is 0 Å². The number of rotatable bonds is 7. The highest BCUT2D eigenvalue weighted by Gasteiger charge is 2.30. The molecule has 0 saturated heterocycles. The van der Waals surface area contributed by atoms with E-state index in [1.54, 1.807) is 0 Å². The maximum atomic E-state index is 3.71. The van der Waals surface area contributed by atoms with Crippen LogP contribution in [0.2, 0.25) is 0 Å². The van der Waals surface area contributed by atoms with E-state index in [0.717, 1.165) is 12.0 Å². The normalized spacial score (nSPS) is 19.5. The smallest absolute Gasteiger partial charge is 0.00684 e. The minimum Gasteiger partial charge on any atom is -0.313 e. The second kappa shape index (κ2) is 5.53. The highest BCUT2D eigenvalue weighted by molar-refractivity contribution is 7.07. The lowest BCUT2D eigenvalue weighted by atomic mass is 9.75. The van der Waals surface area contributed by atoms with Crippen LogP contribution in [0.5, 0.6) is 0 Å². The van der Waals surface area contributed by atoms with E-state index in [1.165, 1.54) is 37.8 Å². The van der Waals surface area contributed by atoms with Crippen LogP contribution in [0.15, 0.2) is 16.8 Å². The number of aryl methyl sites for hydroxylation is 1. The first-order chi connectivity index (χ1) is 8.10. The molecule has 2 rings (SSSR count). The van der Waals surface area contributed by atoms with Gasteiger partial charge in [0.05, 0.1) is 0 Å². The zero-order valence-corrected chi connectivity index (χ0v) is 12.1. The zero-order valence-electron chi connectivity index (χ0n) is 11.3. The van der Waals surface area contributed by atoms with Gasteiger partial charge in [-0.3, -0.25) is 0 Å². The summed E-state index contributed by atoms with van der Waals surface area (Å²) < 4.78 is 0. The van der Waals surface area contributed by atoms with Gasteiger partial charge in [-0.05, 0) is 59.4 Å². The molecule has 0 spiro atoms. The van der Waals surface area contributed by atoms with E-state index in [2.05, 4.69) is 42.9 Å². The summed E-state index contributed by atoms with van der Waals surface area (Å²) in [6, 6.07) is 3.09. The first-order valence-corrected chi connectivity index (χ1v) is 7.79. The van der Waals surface area contributed by atoms with E-state index >= 15 is 0 Å². The lowest BCUT2D eigenvalue weighted by Gasteiger charge is -2.34. The Morgan fingerprint density at radius 2 is 2.24 bits per heavy atom. The van der Waals surface area contributed by atoms with Gasteiger partial charge in [-0.1, -0.05) is 20.8 Å². The van der Waals surface area contributed by atoms with E-state index in [9.17, 15) is 0 Å². The summed E-state index contributed by atoms with van der Waals surface area (Å²) in [4.78, 5) is 0. The molecule has 1 unspecified atom stereocenters. The molecule has 1 aromatic rings. The maximum absolute atomic E-state index is 3.71. The van der Waals surface area contributed by atoms with Crippen molar-refractivity contribution in [3.05, 3.63) is 22.4 Å². The summed E-state index contributed by atoms with van der Waals surface area (Å²) in [5.41, 5.74) is 1.94. The fourth-order valence-corrected chi connectivity index (χ4v) is 2.81. The van der Waals surface area contributed by atoms with Crippen LogP contribution in [0, 0.1) is 11.3 Å². The van der Waals surface area contributed by atoms with Gasteiger partial charge < -0.3 is 5.32 Å². The molecular weight excluding hydrogens is 226 g/mol. The van der Waals surface area contributed by atoms with Crippen LogP contribution in [0.25, 0.3) is 0 Å². The van der Waals surface area contributed by atoms with Crippen molar-refractivity contribution in [1.29, 1.82) is 0 Å². The Kier molecular flexibility index (Phi) is 4.26. The van der Waals surface area contributed by atoms with Crippen molar-refractivity contribution in [2.24, 2.45) is 11.3 Å². The van der Waals surface area contributed by atoms with Crippen LogP contribution >= 0.6 is 11.3 Å². The van der Waals surface area contributed by atoms with Crippen molar-refractivity contribution >= 4 is 11.3 Å². The molecule has 0 amide bonds. The summed E-state index contributed by atoms with van der Waals surface area (Å²) in [7, 11) is 0. The van der Waals surface area contributed by atoms with Crippen molar-refractivity contribution in [3.63, 3.8) is 0 Å². The highest BCUT2D eigenvalue weighted by Crippen LogP contribution is 2.33. The van der Waals surface area contributed by atoms with Gasteiger partial charge in [-0.15, -0.1) is 0 Å². The van der Waals surface area contributed by atoms with Crippen LogP contribution in [0.3, 0.4) is 0 Å². The largest absolute Gasteiger partial charge is 0.313 e. The van der Waals surface area contributed by atoms with Gasteiger partial charge in [0, 0.05) is 12.6 Å². The molecule has 1 atom stereocenters. The van der Waals surface area contributed by atoms with E-state index in [1.807, 2.05) is 11.3 Å². The highest BCUT2D eigenvalue weighted by atomic mass is 32.1. The first kappa shape index (κ1) is 13.1. The van der Waals surface area contributed by atoms with E-state index in [-0.39, 0.29) is 0 Å². The second-order valence-electron chi connectivity index (χ2n) is 6.10. The molecule has 1 fully saturated rings. The number of thiophene rings is 1. The molecule has 2 heteroatoms. The summed E-state index contributed by atoms with van der Waals surface area (Å²) in [5.74, 6) is 0.743. The minimum absolute atomic E-state index is 0.435. The van der Waals surface area contributed by atoms with Gasteiger partial charge in [-0.25, -0.2) is 0 Å². The van der Waals surface area contributed by atoms with Crippen LogP contribution < -0.4 is 5.32 Å². The Morgan fingerprint density at radius 1 is 1.47 bits per heavy atom. The predicted molar refractivity (Wildman–Crippen MR) is 76.6 cm³/mol. The van der Waals surface area contributed by atoms with Crippen molar-refractivity contribution in [3.8, 4) is 0 Å². The third-order valence-corrected chi connectivity index (χ3v) is 5.06. The molecule has 96 valence electrons. The van der Waals surface area contributed by atoms with Crippen molar-refractivity contribution in [2.45, 2.75) is 52.5 Å². The molecule has 1 aliphatic carbocycles. The Bertz CT molecular complexity index is 327. The Hall–Kier alpha value is -0.340. The molecule has 1 heterocycles. The van der Waals surface area contributed by atoms with Gasteiger partial charge in [0.1, 0.15) is 0 Å². The molecule has 0 aliphatic heterocycles. The molecule has 0 radical (unpaired) electrons. The molecule has 1 aromatic heterocycles. The van der Waals surface area contributed by atoms with Gasteiger partial charge in [0.25, 0.3) is 0 Å². The summed E-state index contributed by atoms with van der Waals surface area (Å²) in [6.45, 7) is 8.35. The summed E-state index contributed by atoms with van der Waals surface area (Å²) in [6.07, 6.45) is 5.29. The van der Waals surface area contributed by atoms with E-state index < -0.39 is 0 Å². The molecule has 1 N–H and O–H groups in total. The van der Waals surface area contributed by atoms with Gasteiger partial charge in [0.15, 0.2) is 0 Å². The molecule has 0 aromatic carbocycles. The van der Waals surface area contributed by atoms with Crippen molar-refractivity contribution in [2.75, 3.05) is 6.54 Å². The maximum Gasteiger partial charge on any atom is 0.00684 e. The monoisotopic (exact) mass is 251 g/mol. The standard InChI is InChI=1S/C15H25NS/c1-12(2)15(3,11-16-14-4-5-14)8-6-13-7-9-17-10-13/h7,9-10,12,14,16H,4-6,8,11H2,1-3H3. The van der Waals surface area contributed by atoms with Crippen LogP contribution in [0.4, 0.5) is 0 Å². The third kappa shape index (κ3) is 3.82. The quantitative estimate of drug-likeness (QED) is 0.769. The number of hydrogen-bond donors (Lipinski definition) is 1. The van der Waals surface area contributed by atoms with Crippen LogP contribution in [0.1, 0.15) is 45.6 Å². The third-order valence-electron chi connectivity index (χ3n) is 4.33. The first-order valence-electron chi connectivity index (χ1n) is 6.84. The van der Waals surface area contributed by atoms with E-state index in [0.29, 0.717) is 5.41 Å². The van der Waals surface area contributed by atoms with E-state index in [4.69, 9.17) is 0 Å². The SMILES string of the molecule is CC(C)C(C)(CCc1ccsc1)CNC1CC1. The fraction of sp³-hybridized carbons (Fsp3) is 0.733. The molecule has 0 bridgehead atoms. The summed E-state index contributed by atoms with van der Waals surface area (Å²) in [5, 5.41) is 8.18. The Balaban J connectivity index is 1.85. The average molecular weight is 251 g/mol. The molecular formula is C15H25NS. The van der Waals surface area contributed by atoms with Gasteiger partial charge in [-0.2, -0.15) is 11.3 Å². The second-order valence-corrected chi connectivity index (χ2v) is 6.88. The number of hydrogen-bond acceptors (Lipinski definition) is 2.